The molecule has 0 atom stereocenters. The summed E-state index contributed by atoms with van der Waals surface area (Å²) in [4.78, 5) is 20.1. The lowest BCUT2D eigenvalue weighted by atomic mass is 9.97. The van der Waals surface area contributed by atoms with Crippen molar-refractivity contribution in [1.29, 1.82) is 0 Å². The van der Waals surface area contributed by atoms with Crippen LogP contribution in [-0.2, 0) is 29.1 Å². The Hall–Kier alpha value is -1.46. The van der Waals surface area contributed by atoms with Gasteiger partial charge in [-0.1, -0.05) is 0 Å². The van der Waals surface area contributed by atoms with Crippen molar-refractivity contribution in [2.24, 2.45) is 5.92 Å². The predicted octanol–water partition coefficient (Wildman–Crippen LogP) is 1.45. The third-order valence-electron chi connectivity index (χ3n) is 4.47. The molecule has 1 aliphatic carbocycles. The number of carbonyl (C=O) groups is 1. The summed E-state index contributed by atoms with van der Waals surface area (Å²) >= 11 is 0. The van der Waals surface area contributed by atoms with E-state index in [9.17, 15) is 4.79 Å². The zero-order valence-corrected chi connectivity index (χ0v) is 13.5. The maximum atomic E-state index is 11.8. The molecule has 0 bridgehead atoms. The zero-order chi connectivity index (χ0) is 15.5. The van der Waals surface area contributed by atoms with Crippen LogP contribution in [0.5, 0.6) is 0 Å². The molecule has 0 N–H and O–H groups in total. The highest BCUT2D eigenvalue weighted by molar-refractivity contribution is 5.77. The highest BCUT2D eigenvalue weighted by Crippen LogP contribution is 2.29. The summed E-state index contributed by atoms with van der Waals surface area (Å²) < 4.78 is 5.82. The number of nitrogens with zero attached hydrogens (tertiary/aromatic N) is 3. The summed E-state index contributed by atoms with van der Waals surface area (Å²) in [5.74, 6) is 0.945. The number of likely N-dealkylation sites (N-methyl/N-ethyl adjacent to an activating group) is 1. The molecule has 5 nitrogen and oxygen atoms in total. The van der Waals surface area contributed by atoms with Crippen LogP contribution in [0.2, 0.25) is 0 Å². The SMILES string of the molecule is CN(C)C(=O)CN1CCc2c(COCC3CC3)cncc2C1. The van der Waals surface area contributed by atoms with Gasteiger partial charge in [-0.2, -0.15) is 0 Å². The highest BCUT2D eigenvalue weighted by atomic mass is 16.5. The fourth-order valence-electron chi connectivity index (χ4n) is 2.84. The Bertz CT molecular complexity index is 541. The first-order chi connectivity index (χ1) is 10.6. The Kier molecular flexibility index (Phi) is 4.74. The Morgan fingerprint density at radius 2 is 2.23 bits per heavy atom. The van der Waals surface area contributed by atoms with Gasteiger partial charge < -0.3 is 9.64 Å². The third-order valence-corrected chi connectivity index (χ3v) is 4.47. The van der Waals surface area contributed by atoms with E-state index in [4.69, 9.17) is 4.74 Å². The number of fused-ring (bicyclic) bond motifs is 1. The van der Waals surface area contributed by atoms with E-state index in [0.29, 0.717) is 13.2 Å². The van der Waals surface area contributed by atoms with Gasteiger partial charge in [-0.15, -0.1) is 0 Å². The molecule has 1 aromatic rings. The molecule has 2 aliphatic rings. The molecule has 1 fully saturated rings. The molecule has 1 aliphatic heterocycles. The molecule has 1 saturated carbocycles. The van der Waals surface area contributed by atoms with Gasteiger partial charge in [0, 0.05) is 46.2 Å². The third kappa shape index (κ3) is 3.84. The van der Waals surface area contributed by atoms with Crippen molar-refractivity contribution in [1.82, 2.24) is 14.8 Å². The Balaban J connectivity index is 1.60. The van der Waals surface area contributed by atoms with E-state index in [1.54, 1.807) is 19.0 Å². The second-order valence-electron chi connectivity index (χ2n) is 6.64. The summed E-state index contributed by atoms with van der Waals surface area (Å²) in [6.07, 6.45) is 7.49. The molecule has 1 aromatic heterocycles. The van der Waals surface area contributed by atoms with Crippen LogP contribution in [0.15, 0.2) is 12.4 Å². The van der Waals surface area contributed by atoms with E-state index in [0.717, 1.165) is 32.0 Å². The standard InChI is InChI=1S/C17H25N3O2/c1-19(2)17(21)10-20-6-5-16-14(9-20)7-18-8-15(16)12-22-11-13-3-4-13/h7-8,13H,3-6,9-12H2,1-2H3. The second kappa shape index (κ2) is 6.75. The number of hydrogen-bond donors (Lipinski definition) is 0. The molecule has 120 valence electrons. The normalized spacial score (nSPS) is 18.1. The summed E-state index contributed by atoms with van der Waals surface area (Å²) in [5, 5.41) is 0. The van der Waals surface area contributed by atoms with Gasteiger partial charge in [-0.25, -0.2) is 0 Å². The minimum atomic E-state index is 0.153. The second-order valence-corrected chi connectivity index (χ2v) is 6.64. The van der Waals surface area contributed by atoms with Gasteiger partial charge in [-0.3, -0.25) is 14.7 Å². The summed E-state index contributed by atoms with van der Waals surface area (Å²) in [6.45, 7) is 3.76. The smallest absolute Gasteiger partial charge is 0.236 e. The van der Waals surface area contributed by atoms with Gasteiger partial charge in [0.15, 0.2) is 0 Å². The van der Waals surface area contributed by atoms with Crippen LogP contribution in [0.25, 0.3) is 0 Å². The number of hydrogen-bond acceptors (Lipinski definition) is 4. The molecule has 1 amide bonds. The number of aromatic nitrogens is 1. The van der Waals surface area contributed by atoms with Crippen LogP contribution >= 0.6 is 0 Å². The van der Waals surface area contributed by atoms with Crippen LogP contribution in [0, 0.1) is 5.92 Å². The average molecular weight is 303 g/mol. The lowest BCUT2D eigenvalue weighted by molar-refractivity contribution is -0.130. The fraction of sp³-hybridized carbons (Fsp3) is 0.647. The summed E-state index contributed by atoms with van der Waals surface area (Å²) in [5.41, 5.74) is 3.83. The largest absolute Gasteiger partial charge is 0.376 e. The van der Waals surface area contributed by atoms with Crippen molar-refractivity contribution >= 4 is 5.91 Å². The van der Waals surface area contributed by atoms with E-state index in [2.05, 4.69) is 9.88 Å². The molecule has 0 aromatic carbocycles. The quantitative estimate of drug-likeness (QED) is 0.798. The monoisotopic (exact) mass is 303 g/mol. The van der Waals surface area contributed by atoms with Gasteiger partial charge in [0.05, 0.1) is 13.2 Å². The number of carbonyl (C=O) groups excluding carboxylic acids is 1. The summed E-state index contributed by atoms with van der Waals surface area (Å²) in [6, 6.07) is 0. The molecule has 22 heavy (non-hydrogen) atoms. The van der Waals surface area contributed by atoms with Crippen molar-refractivity contribution in [2.75, 3.05) is 33.8 Å². The van der Waals surface area contributed by atoms with Gasteiger partial charge >= 0.3 is 0 Å². The molecule has 5 heteroatoms. The average Bonchev–Trinajstić information content (AvgIpc) is 3.31. The topological polar surface area (TPSA) is 45.7 Å². The lowest BCUT2D eigenvalue weighted by Gasteiger charge is -2.30. The molecular formula is C17H25N3O2. The summed E-state index contributed by atoms with van der Waals surface area (Å²) in [7, 11) is 3.61. The number of ether oxygens (including phenoxy) is 1. The van der Waals surface area contributed by atoms with Crippen molar-refractivity contribution in [3.8, 4) is 0 Å². The number of pyridine rings is 1. The molecule has 0 spiro atoms. The van der Waals surface area contributed by atoms with E-state index in [1.165, 1.54) is 29.5 Å². The van der Waals surface area contributed by atoms with E-state index in [1.807, 2.05) is 12.4 Å². The number of amides is 1. The Labute approximate surface area is 132 Å². The van der Waals surface area contributed by atoms with E-state index >= 15 is 0 Å². The first kappa shape index (κ1) is 15.4. The first-order valence-electron chi connectivity index (χ1n) is 8.08. The van der Waals surface area contributed by atoms with Crippen LogP contribution < -0.4 is 0 Å². The van der Waals surface area contributed by atoms with Crippen molar-refractivity contribution in [3.05, 3.63) is 29.1 Å². The van der Waals surface area contributed by atoms with Crippen LogP contribution in [0.3, 0.4) is 0 Å². The van der Waals surface area contributed by atoms with Crippen molar-refractivity contribution in [3.63, 3.8) is 0 Å². The molecule has 0 radical (unpaired) electrons. The van der Waals surface area contributed by atoms with Crippen molar-refractivity contribution in [2.45, 2.75) is 32.4 Å². The molecule has 3 rings (SSSR count). The van der Waals surface area contributed by atoms with Crippen molar-refractivity contribution < 1.29 is 9.53 Å². The van der Waals surface area contributed by atoms with Crippen LogP contribution in [-0.4, -0.2) is 54.5 Å². The number of rotatable bonds is 6. The maximum absolute atomic E-state index is 11.8. The molecule has 2 heterocycles. The van der Waals surface area contributed by atoms with Gasteiger partial charge in [0.25, 0.3) is 0 Å². The highest BCUT2D eigenvalue weighted by Gasteiger charge is 2.23. The first-order valence-corrected chi connectivity index (χ1v) is 8.08. The van der Waals surface area contributed by atoms with E-state index < -0.39 is 0 Å². The molecule has 0 unspecified atom stereocenters. The maximum Gasteiger partial charge on any atom is 0.236 e. The van der Waals surface area contributed by atoms with Gasteiger partial charge in [-0.05, 0) is 41.9 Å². The minimum absolute atomic E-state index is 0.153. The zero-order valence-electron chi connectivity index (χ0n) is 13.5. The van der Waals surface area contributed by atoms with Crippen LogP contribution in [0.4, 0.5) is 0 Å². The van der Waals surface area contributed by atoms with Crippen LogP contribution in [0.1, 0.15) is 29.5 Å². The Morgan fingerprint density at radius 3 is 2.95 bits per heavy atom. The minimum Gasteiger partial charge on any atom is -0.376 e. The lowest BCUT2D eigenvalue weighted by Crippen LogP contribution is -2.39. The fourth-order valence-corrected chi connectivity index (χ4v) is 2.84. The van der Waals surface area contributed by atoms with E-state index in [-0.39, 0.29) is 5.91 Å². The Morgan fingerprint density at radius 1 is 1.41 bits per heavy atom. The predicted molar refractivity (Wildman–Crippen MR) is 84.3 cm³/mol. The molecular weight excluding hydrogens is 278 g/mol. The van der Waals surface area contributed by atoms with Gasteiger partial charge in [0.1, 0.15) is 0 Å². The molecule has 0 saturated heterocycles. The van der Waals surface area contributed by atoms with Gasteiger partial charge in [0.2, 0.25) is 5.91 Å².